The smallest absolute Gasteiger partial charge is 0.373 e. The van der Waals surface area contributed by atoms with Gasteiger partial charge in [0.2, 0.25) is 5.82 Å². The number of hydrogen-bond acceptors (Lipinski definition) is 7. The van der Waals surface area contributed by atoms with E-state index in [9.17, 15) is 10.1 Å². The number of nitrogens with one attached hydrogen (secondary N) is 1. The molecule has 2 aromatic heterocycles. The Morgan fingerprint density at radius 3 is 2.52 bits per heavy atom. The van der Waals surface area contributed by atoms with Crippen molar-refractivity contribution in [1.29, 1.82) is 0 Å². The van der Waals surface area contributed by atoms with Gasteiger partial charge in [-0.1, -0.05) is 44.2 Å². The topological polar surface area (TPSA) is 103 Å². The van der Waals surface area contributed by atoms with E-state index in [0.29, 0.717) is 22.9 Å². The first kappa shape index (κ1) is 20.2. The molecule has 0 bridgehead atoms. The Morgan fingerprint density at radius 2 is 1.81 bits per heavy atom. The van der Waals surface area contributed by atoms with E-state index in [1.54, 1.807) is 18.2 Å². The van der Waals surface area contributed by atoms with Gasteiger partial charge in [-0.05, 0) is 42.7 Å². The highest BCUT2D eigenvalue weighted by Crippen LogP contribution is 2.36. The Labute approximate surface area is 179 Å². The number of benzene rings is 2. The summed E-state index contributed by atoms with van der Waals surface area (Å²) in [7, 11) is 0. The van der Waals surface area contributed by atoms with E-state index in [0.717, 1.165) is 16.6 Å². The second-order valence-electron chi connectivity index (χ2n) is 7.41. The molecule has 2 aromatic carbocycles. The molecule has 4 aromatic rings. The average molecular weight is 415 g/mol. The molecule has 0 radical (unpaired) electrons. The Balaban J connectivity index is 1.71. The minimum Gasteiger partial charge on any atom is -0.434 e. The molecule has 8 heteroatoms. The summed E-state index contributed by atoms with van der Waals surface area (Å²) in [4.78, 5) is 24.0. The quantitative estimate of drug-likeness (QED) is 0.309. The van der Waals surface area contributed by atoms with Gasteiger partial charge < -0.3 is 10.1 Å². The van der Waals surface area contributed by atoms with Crippen molar-refractivity contribution in [3.8, 4) is 11.6 Å². The van der Waals surface area contributed by atoms with Gasteiger partial charge in [-0.2, -0.15) is 4.98 Å². The van der Waals surface area contributed by atoms with Crippen LogP contribution in [0.1, 0.15) is 31.0 Å². The Hall–Kier alpha value is -4.07. The highest BCUT2D eigenvalue weighted by Gasteiger charge is 2.25. The van der Waals surface area contributed by atoms with Crippen molar-refractivity contribution in [3.63, 3.8) is 0 Å². The highest BCUT2D eigenvalue weighted by molar-refractivity contribution is 5.92. The minimum atomic E-state index is -0.552. The second-order valence-corrected chi connectivity index (χ2v) is 7.41. The Morgan fingerprint density at radius 1 is 1.03 bits per heavy atom. The van der Waals surface area contributed by atoms with E-state index in [-0.39, 0.29) is 17.4 Å². The molecule has 4 rings (SSSR count). The van der Waals surface area contributed by atoms with Crippen molar-refractivity contribution >= 4 is 28.1 Å². The molecule has 1 N–H and O–H groups in total. The largest absolute Gasteiger partial charge is 0.434 e. The highest BCUT2D eigenvalue weighted by atomic mass is 16.6. The zero-order chi connectivity index (χ0) is 22.0. The number of rotatable bonds is 6. The molecular weight excluding hydrogens is 394 g/mol. The second kappa shape index (κ2) is 8.35. The van der Waals surface area contributed by atoms with Crippen LogP contribution in [0.2, 0.25) is 0 Å². The predicted octanol–water partition coefficient (Wildman–Crippen LogP) is 5.90. The van der Waals surface area contributed by atoms with Gasteiger partial charge in [0.1, 0.15) is 12.1 Å². The van der Waals surface area contributed by atoms with Crippen LogP contribution in [-0.4, -0.2) is 19.9 Å². The molecule has 2 heterocycles. The van der Waals surface area contributed by atoms with Crippen LogP contribution in [0.4, 0.5) is 17.2 Å². The lowest BCUT2D eigenvalue weighted by atomic mass is 10.0. The van der Waals surface area contributed by atoms with Gasteiger partial charge in [-0.15, -0.1) is 0 Å². The molecule has 0 saturated heterocycles. The average Bonchev–Trinajstić information content (AvgIpc) is 2.74. The molecule has 0 aliphatic rings. The van der Waals surface area contributed by atoms with Gasteiger partial charge in [0.25, 0.3) is 0 Å². The van der Waals surface area contributed by atoms with Crippen LogP contribution >= 0.6 is 0 Å². The molecule has 0 unspecified atom stereocenters. The van der Waals surface area contributed by atoms with Crippen molar-refractivity contribution < 1.29 is 9.66 Å². The first-order chi connectivity index (χ1) is 14.9. The van der Waals surface area contributed by atoms with Gasteiger partial charge in [0.05, 0.1) is 16.1 Å². The molecule has 0 aliphatic heterocycles. The van der Waals surface area contributed by atoms with Crippen LogP contribution in [-0.2, 0) is 0 Å². The number of aryl methyl sites for hydroxylation is 1. The lowest BCUT2D eigenvalue weighted by molar-refractivity contribution is -0.385. The van der Waals surface area contributed by atoms with Crippen LogP contribution in [0.5, 0.6) is 11.6 Å². The maximum atomic E-state index is 11.9. The summed E-state index contributed by atoms with van der Waals surface area (Å²) in [6.07, 6.45) is 1.23. The van der Waals surface area contributed by atoms with E-state index in [1.807, 2.05) is 43.3 Å². The molecule has 156 valence electrons. The lowest BCUT2D eigenvalue weighted by Crippen LogP contribution is -2.04. The van der Waals surface area contributed by atoms with Crippen LogP contribution in [0.15, 0.2) is 60.9 Å². The lowest BCUT2D eigenvalue weighted by Gasteiger charge is -2.11. The summed E-state index contributed by atoms with van der Waals surface area (Å²) in [5.74, 6) is 0.726. The molecular formula is C23H21N5O3. The molecule has 0 spiro atoms. The standard InChI is InChI=1S/C23H21N5O3/c1-14(2)16-9-11-18(12-10-16)31-23-21(28(29)30)22(24-13-25-23)27-19-6-4-5-17-8-7-15(3)26-20(17)19/h4-14H,1-3H3,(H,24,25,27). The zero-order valence-corrected chi connectivity index (χ0v) is 17.4. The van der Waals surface area contributed by atoms with E-state index in [4.69, 9.17) is 4.74 Å². The third-order valence-corrected chi connectivity index (χ3v) is 4.85. The third kappa shape index (κ3) is 4.28. The third-order valence-electron chi connectivity index (χ3n) is 4.85. The van der Waals surface area contributed by atoms with Crippen LogP contribution in [0, 0.1) is 17.0 Å². The van der Waals surface area contributed by atoms with Gasteiger partial charge in [-0.3, -0.25) is 15.1 Å². The molecule has 0 amide bonds. The number of anilines is 2. The molecule has 31 heavy (non-hydrogen) atoms. The molecule has 8 nitrogen and oxygen atoms in total. The van der Waals surface area contributed by atoms with Crippen LogP contribution < -0.4 is 10.1 Å². The number of hydrogen-bond donors (Lipinski definition) is 1. The number of aromatic nitrogens is 3. The van der Waals surface area contributed by atoms with Gasteiger partial charge >= 0.3 is 11.6 Å². The number of fused-ring (bicyclic) bond motifs is 1. The van der Waals surface area contributed by atoms with Gasteiger partial charge in [0, 0.05) is 11.1 Å². The maximum Gasteiger partial charge on any atom is 0.373 e. The first-order valence-electron chi connectivity index (χ1n) is 9.83. The Bertz CT molecular complexity index is 1260. The maximum absolute atomic E-state index is 11.9. The number of para-hydroxylation sites is 1. The summed E-state index contributed by atoms with van der Waals surface area (Å²) in [5.41, 5.74) is 2.94. The van der Waals surface area contributed by atoms with Crippen molar-refractivity contribution in [1.82, 2.24) is 15.0 Å². The molecule has 0 fully saturated rings. The van der Waals surface area contributed by atoms with Gasteiger partial charge in [0.15, 0.2) is 0 Å². The normalized spacial score (nSPS) is 11.0. The zero-order valence-electron chi connectivity index (χ0n) is 17.4. The molecule has 0 aliphatic carbocycles. The Kier molecular flexibility index (Phi) is 5.44. The van der Waals surface area contributed by atoms with E-state index < -0.39 is 4.92 Å². The minimum absolute atomic E-state index is 0.0320. The van der Waals surface area contributed by atoms with E-state index in [1.165, 1.54) is 6.33 Å². The summed E-state index contributed by atoms with van der Waals surface area (Å²) >= 11 is 0. The molecule has 0 saturated carbocycles. The van der Waals surface area contributed by atoms with Crippen molar-refractivity contribution in [2.24, 2.45) is 0 Å². The van der Waals surface area contributed by atoms with Crippen molar-refractivity contribution in [2.75, 3.05) is 5.32 Å². The predicted molar refractivity (Wildman–Crippen MR) is 119 cm³/mol. The number of ether oxygens (including phenoxy) is 1. The first-order valence-corrected chi connectivity index (χ1v) is 9.83. The van der Waals surface area contributed by atoms with Gasteiger partial charge in [-0.25, -0.2) is 4.98 Å². The number of nitrogens with zero attached hydrogens (tertiary/aromatic N) is 4. The summed E-state index contributed by atoms with van der Waals surface area (Å²) in [6, 6.07) is 16.8. The number of nitro groups is 1. The van der Waals surface area contributed by atoms with E-state index in [2.05, 4.69) is 34.1 Å². The van der Waals surface area contributed by atoms with Crippen LogP contribution in [0.3, 0.4) is 0 Å². The summed E-state index contributed by atoms with van der Waals surface area (Å²) in [5, 5.41) is 15.8. The SMILES string of the molecule is Cc1ccc2cccc(Nc3ncnc(Oc4ccc(C(C)C)cc4)c3[N+](=O)[O-])c2n1. The monoisotopic (exact) mass is 415 g/mol. The van der Waals surface area contributed by atoms with Crippen molar-refractivity contribution in [2.45, 2.75) is 26.7 Å². The fourth-order valence-corrected chi connectivity index (χ4v) is 3.20. The fraction of sp³-hybridized carbons (Fsp3) is 0.174. The number of pyridine rings is 1. The molecule has 0 atom stereocenters. The van der Waals surface area contributed by atoms with Crippen molar-refractivity contribution in [3.05, 3.63) is 82.3 Å². The van der Waals surface area contributed by atoms with Crippen LogP contribution in [0.25, 0.3) is 10.9 Å². The van der Waals surface area contributed by atoms with E-state index >= 15 is 0 Å². The summed E-state index contributed by atoms with van der Waals surface area (Å²) < 4.78 is 5.74. The fourth-order valence-electron chi connectivity index (χ4n) is 3.20. The summed E-state index contributed by atoms with van der Waals surface area (Å²) in [6.45, 7) is 6.07.